The molecule has 5 heteroatoms. The molecule has 3 nitrogen and oxygen atoms in total. The van der Waals surface area contributed by atoms with Crippen molar-refractivity contribution in [1.82, 2.24) is 9.55 Å². The molecule has 1 aliphatic heterocycles. The standard InChI is InChI=1S/C17H19BrN2OS/c1-13(18)12-22-17-19-10-16(14-6-3-2-4-7-14)20(17)11-15-8-5-9-21-15/h2-4,6-7,10,15H,1,5,8-9,11-12H2. The third-order valence-corrected chi connectivity index (χ3v) is 5.38. The number of rotatable bonds is 6. The lowest BCUT2D eigenvalue weighted by Gasteiger charge is -2.16. The fourth-order valence-corrected chi connectivity index (χ4v) is 3.71. The number of imidazole rings is 1. The van der Waals surface area contributed by atoms with E-state index in [2.05, 4.69) is 56.3 Å². The highest BCUT2D eigenvalue weighted by atomic mass is 79.9. The second-order valence-corrected chi connectivity index (χ2v) is 7.41. The van der Waals surface area contributed by atoms with Crippen LogP contribution < -0.4 is 0 Å². The molecule has 0 spiro atoms. The van der Waals surface area contributed by atoms with Crippen LogP contribution in [0.15, 0.2) is 52.7 Å². The van der Waals surface area contributed by atoms with Crippen LogP contribution >= 0.6 is 27.7 Å². The summed E-state index contributed by atoms with van der Waals surface area (Å²) in [5, 5.41) is 1.02. The smallest absolute Gasteiger partial charge is 0.168 e. The summed E-state index contributed by atoms with van der Waals surface area (Å²) in [7, 11) is 0. The predicted molar refractivity (Wildman–Crippen MR) is 95.4 cm³/mol. The molecule has 0 saturated carbocycles. The predicted octanol–water partition coefficient (Wildman–Crippen LogP) is 4.73. The molecule has 1 aromatic heterocycles. The number of ether oxygens (including phenoxy) is 1. The Morgan fingerprint density at radius 1 is 1.41 bits per heavy atom. The average molecular weight is 379 g/mol. The van der Waals surface area contributed by atoms with E-state index in [1.165, 1.54) is 5.56 Å². The normalized spacial score (nSPS) is 17.8. The molecule has 3 rings (SSSR count). The van der Waals surface area contributed by atoms with Crippen LogP contribution in [-0.4, -0.2) is 28.0 Å². The highest BCUT2D eigenvalue weighted by Gasteiger charge is 2.20. The minimum Gasteiger partial charge on any atom is -0.376 e. The van der Waals surface area contributed by atoms with Crippen LogP contribution in [0.3, 0.4) is 0 Å². The van der Waals surface area contributed by atoms with Gasteiger partial charge in [-0.15, -0.1) is 0 Å². The first-order valence-corrected chi connectivity index (χ1v) is 9.20. The summed E-state index contributed by atoms with van der Waals surface area (Å²) < 4.78 is 9.07. The van der Waals surface area contributed by atoms with Gasteiger partial charge in [0.2, 0.25) is 0 Å². The summed E-state index contributed by atoms with van der Waals surface area (Å²) in [4.78, 5) is 4.61. The lowest BCUT2D eigenvalue weighted by atomic mass is 10.1. The second kappa shape index (κ2) is 7.49. The zero-order valence-electron chi connectivity index (χ0n) is 12.4. The molecule has 0 aliphatic carbocycles. The van der Waals surface area contributed by atoms with Crippen molar-refractivity contribution in [2.45, 2.75) is 30.6 Å². The molecule has 1 aromatic carbocycles. The number of benzene rings is 1. The second-order valence-electron chi connectivity index (χ2n) is 5.34. The third-order valence-electron chi connectivity index (χ3n) is 3.66. The molecule has 1 aliphatic rings. The molecular formula is C17H19BrN2OS. The molecule has 1 saturated heterocycles. The molecule has 0 N–H and O–H groups in total. The first-order chi connectivity index (χ1) is 10.7. The zero-order chi connectivity index (χ0) is 15.4. The Balaban J connectivity index is 1.89. The van der Waals surface area contributed by atoms with Crippen LogP contribution in [0.4, 0.5) is 0 Å². The Kier molecular flexibility index (Phi) is 5.39. The van der Waals surface area contributed by atoms with Crippen LogP contribution in [-0.2, 0) is 11.3 Å². The van der Waals surface area contributed by atoms with Gasteiger partial charge in [-0.3, -0.25) is 0 Å². The van der Waals surface area contributed by atoms with Gasteiger partial charge >= 0.3 is 0 Å². The fourth-order valence-electron chi connectivity index (χ4n) is 2.62. The largest absolute Gasteiger partial charge is 0.376 e. The highest BCUT2D eigenvalue weighted by Crippen LogP contribution is 2.29. The Hall–Kier alpha value is -1.04. The van der Waals surface area contributed by atoms with E-state index in [4.69, 9.17) is 4.74 Å². The number of thioether (sulfide) groups is 1. The van der Waals surface area contributed by atoms with E-state index in [1.807, 2.05) is 12.3 Å². The van der Waals surface area contributed by atoms with Crippen molar-refractivity contribution >= 4 is 27.7 Å². The van der Waals surface area contributed by atoms with E-state index in [-0.39, 0.29) is 0 Å². The average Bonchev–Trinajstić information content (AvgIpc) is 3.16. The number of hydrogen-bond acceptors (Lipinski definition) is 3. The van der Waals surface area contributed by atoms with Crippen molar-refractivity contribution < 1.29 is 4.74 Å². The summed E-state index contributed by atoms with van der Waals surface area (Å²) in [6, 6.07) is 10.4. The first-order valence-electron chi connectivity index (χ1n) is 7.42. The topological polar surface area (TPSA) is 27.1 Å². The SMILES string of the molecule is C=C(Br)CSc1ncc(-c2ccccc2)n1CC1CCCO1. The number of hydrogen-bond donors (Lipinski definition) is 0. The van der Waals surface area contributed by atoms with Crippen molar-refractivity contribution in [3.63, 3.8) is 0 Å². The van der Waals surface area contributed by atoms with Gasteiger partial charge in [-0.25, -0.2) is 4.98 Å². The number of aromatic nitrogens is 2. The summed E-state index contributed by atoms with van der Waals surface area (Å²) >= 11 is 5.12. The van der Waals surface area contributed by atoms with Crippen molar-refractivity contribution in [3.8, 4) is 11.3 Å². The van der Waals surface area contributed by atoms with E-state index in [0.717, 1.165) is 47.1 Å². The third kappa shape index (κ3) is 3.83. The lowest BCUT2D eigenvalue weighted by molar-refractivity contribution is 0.0954. The maximum absolute atomic E-state index is 5.81. The van der Waals surface area contributed by atoms with Crippen molar-refractivity contribution in [3.05, 3.63) is 47.6 Å². The van der Waals surface area contributed by atoms with Crippen LogP contribution in [0.1, 0.15) is 12.8 Å². The minimum atomic E-state index is 0.295. The monoisotopic (exact) mass is 378 g/mol. The van der Waals surface area contributed by atoms with Gasteiger partial charge in [-0.05, 0) is 22.9 Å². The summed E-state index contributed by atoms with van der Waals surface area (Å²) in [6.07, 6.45) is 4.54. The van der Waals surface area contributed by atoms with Gasteiger partial charge in [0.15, 0.2) is 5.16 Å². The van der Waals surface area contributed by atoms with Crippen LogP contribution in [0.2, 0.25) is 0 Å². The molecule has 2 aromatic rings. The minimum absolute atomic E-state index is 0.295. The molecular weight excluding hydrogens is 360 g/mol. The number of nitrogens with zero attached hydrogens (tertiary/aromatic N) is 2. The molecule has 0 radical (unpaired) electrons. The molecule has 1 unspecified atom stereocenters. The first kappa shape index (κ1) is 15.8. The molecule has 22 heavy (non-hydrogen) atoms. The van der Waals surface area contributed by atoms with Gasteiger partial charge in [0.1, 0.15) is 0 Å². The lowest BCUT2D eigenvalue weighted by Crippen LogP contribution is -2.16. The summed E-state index contributed by atoms with van der Waals surface area (Å²) in [5.41, 5.74) is 2.34. The Morgan fingerprint density at radius 2 is 2.23 bits per heavy atom. The van der Waals surface area contributed by atoms with Gasteiger partial charge in [0.25, 0.3) is 0 Å². The molecule has 0 bridgehead atoms. The van der Waals surface area contributed by atoms with Gasteiger partial charge < -0.3 is 9.30 Å². The van der Waals surface area contributed by atoms with Crippen molar-refractivity contribution in [2.75, 3.05) is 12.4 Å². The van der Waals surface area contributed by atoms with E-state index in [0.29, 0.717) is 6.10 Å². The van der Waals surface area contributed by atoms with E-state index < -0.39 is 0 Å². The van der Waals surface area contributed by atoms with Gasteiger partial charge in [0, 0.05) is 12.4 Å². The number of halogens is 1. The van der Waals surface area contributed by atoms with Crippen molar-refractivity contribution in [2.24, 2.45) is 0 Å². The maximum Gasteiger partial charge on any atom is 0.168 e. The highest BCUT2D eigenvalue weighted by molar-refractivity contribution is 9.11. The van der Waals surface area contributed by atoms with Crippen LogP contribution in [0.5, 0.6) is 0 Å². The van der Waals surface area contributed by atoms with Gasteiger partial charge in [-0.2, -0.15) is 0 Å². The summed E-state index contributed by atoms with van der Waals surface area (Å²) in [5.74, 6) is 0.816. The van der Waals surface area contributed by atoms with E-state index >= 15 is 0 Å². The van der Waals surface area contributed by atoms with Gasteiger partial charge in [0.05, 0.1) is 24.5 Å². The zero-order valence-corrected chi connectivity index (χ0v) is 14.8. The quantitative estimate of drug-likeness (QED) is 0.679. The molecule has 1 atom stereocenters. The van der Waals surface area contributed by atoms with E-state index in [9.17, 15) is 0 Å². The van der Waals surface area contributed by atoms with Gasteiger partial charge in [-0.1, -0.05) is 64.6 Å². The Morgan fingerprint density at radius 3 is 2.91 bits per heavy atom. The molecule has 116 valence electrons. The molecule has 2 heterocycles. The molecule has 0 amide bonds. The van der Waals surface area contributed by atoms with Crippen LogP contribution in [0.25, 0.3) is 11.3 Å². The maximum atomic E-state index is 5.81. The Bertz CT molecular complexity index is 635. The van der Waals surface area contributed by atoms with E-state index in [1.54, 1.807) is 11.8 Å². The molecule has 1 fully saturated rings. The Labute approximate surface area is 143 Å². The van der Waals surface area contributed by atoms with Crippen molar-refractivity contribution in [1.29, 1.82) is 0 Å². The van der Waals surface area contributed by atoms with Crippen LogP contribution in [0, 0.1) is 0 Å². The summed E-state index contributed by atoms with van der Waals surface area (Å²) in [6.45, 7) is 5.64. The fraction of sp³-hybridized carbons (Fsp3) is 0.353.